The van der Waals surface area contributed by atoms with Gasteiger partial charge < -0.3 is 14.5 Å². The molecule has 0 saturated heterocycles. The maximum atomic E-state index is 13.6. The van der Waals surface area contributed by atoms with Crippen LogP contribution >= 0.6 is 0 Å². The molecular weight excluding hydrogens is 410 g/mol. The van der Waals surface area contributed by atoms with Gasteiger partial charge >= 0.3 is 0 Å². The Morgan fingerprint density at radius 1 is 0.879 bits per heavy atom. The average Bonchev–Trinajstić information content (AvgIpc) is 3.30. The molecule has 162 valence electrons. The van der Waals surface area contributed by atoms with E-state index in [9.17, 15) is 4.79 Å². The van der Waals surface area contributed by atoms with Crippen molar-refractivity contribution >= 4 is 17.2 Å². The van der Waals surface area contributed by atoms with Crippen LogP contribution in [0.4, 0.5) is 5.69 Å². The lowest BCUT2D eigenvalue weighted by molar-refractivity contribution is -0.116. The Kier molecular flexibility index (Phi) is 5.60. The van der Waals surface area contributed by atoms with Crippen molar-refractivity contribution in [2.75, 3.05) is 12.4 Å². The first-order valence-electron chi connectivity index (χ1n) is 10.8. The highest BCUT2D eigenvalue weighted by atomic mass is 16.5. The summed E-state index contributed by atoms with van der Waals surface area (Å²) in [4.78, 5) is 18.3. The third kappa shape index (κ3) is 4.21. The summed E-state index contributed by atoms with van der Waals surface area (Å²) in [6.45, 7) is 0. The molecule has 0 spiro atoms. The van der Waals surface area contributed by atoms with Crippen LogP contribution < -0.4 is 10.1 Å². The highest BCUT2D eigenvalue weighted by molar-refractivity contribution is 5.99. The summed E-state index contributed by atoms with van der Waals surface area (Å²) >= 11 is 0. The Morgan fingerprint density at radius 3 is 2.18 bits per heavy atom. The van der Waals surface area contributed by atoms with Crippen LogP contribution in [-0.2, 0) is 4.79 Å². The van der Waals surface area contributed by atoms with E-state index in [0.717, 1.165) is 28.0 Å². The number of nitrogens with one attached hydrogen (secondary N) is 1. The summed E-state index contributed by atoms with van der Waals surface area (Å²) in [6.07, 6.45) is 3.93. The molecule has 1 amide bonds. The Bertz CT molecular complexity index is 1320. The molecule has 0 bridgehead atoms. The molecule has 5 nitrogen and oxygen atoms in total. The molecule has 2 heterocycles. The number of aromatic nitrogens is 2. The van der Waals surface area contributed by atoms with Crippen LogP contribution in [0.2, 0.25) is 0 Å². The van der Waals surface area contributed by atoms with E-state index in [1.54, 1.807) is 7.11 Å². The van der Waals surface area contributed by atoms with E-state index in [2.05, 4.69) is 5.32 Å². The van der Waals surface area contributed by atoms with E-state index in [1.165, 1.54) is 0 Å². The monoisotopic (exact) mass is 433 g/mol. The Labute approximate surface area is 192 Å². The zero-order valence-electron chi connectivity index (χ0n) is 18.2. The van der Waals surface area contributed by atoms with Crippen molar-refractivity contribution < 1.29 is 9.53 Å². The lowest BCUT2D eigenvalue weighted by Gasteiger charge is -2.19. The number of amides is 1. The van der Waals surface area contributed by atoms with Crippen LogP contribution in [0.3, 0.4) is 0 Å². The van der Waals surface area contributed by atoms with Gasteiger partial charge in [0.05, 0.1) is 24.4 Å². The molecule has 5 heteroatoms. The van der Waals surface area contributed by atoms with Crippen molar-refractivity contribution in [3.05, 3.63) is 121 Å². The van der Waals surface area contributed by atoms with E-state index in [0.29, 0.717) is 11.4 Å². The SMILES string of the molecule is COc1ccc(-c2cn3ccccc3n2)cc1NC(=O)C(c1ccccc1)c1ccccc1. The predicted molar refractivity (Wildman–Crippen MR) is 131 cm³/mol. The molecule has 33 heavy (non-hydrogen) atoms. The fourth-order valence-corrected chi connectivity index (χ4v) is 4.03. The number of carbonyl (C=O) groups is 1. The Balaban J connectivity index is 1.51. The largest absolute Gasteiger partial charge is 0.495 e. The minimum absolute atomic E-state index is 0.127. The summed E-state index contributed by atoms with van der Waals surface area (Å²) in [6, 6.07) is 31.2. The van der Waals surface area contributed by atoms with Crippen LogP contribution in [0, 0.1) is 0 Å². The lowest BCUT2D eigenvalue weighted by Crippen LogP contribution is -2.22. The summed E-state index contributed by atoms with van der Waals surface area (Å²) in [5.41, 5.74) is 5.04. The molecular formula is C28H23N3O2. The maximum Gasteiger partial charge on any atom is 0.236 e. The van der Waals surface area contributed by atoms with Crippen molar-refractivity contribution in [2.24, 2.45) is 0 Å². The van der Waals surface area contributed by atoms with Crippen molar-refractivity contribution in [3.8, 4) is 17.0 Å². The second-order valence-electron chi connectivity index (χ2n) is 7.75. The third-order valence-corrected chi connectivity index (χ3v) is 5.65. The quantitative estimate of drug-likeness (QED) is 0.369. The molecule has 0 atom stereocenters. The molecule has 2 aromatic heterocycles. The van der Waals surface area contributed by atoms with Gasteiger partial charge in [-0.1, -0.05) is 66.7 Å². The normalized spacial score (nSPS) is 11.0. The number of anilines is 1. The Hall–Kier alpha value is -4.38. The summed E-state index contributed by atoms with van der Waals surface area (Å²) in [7, 11) is 1.60. The summed E-state index contributed by atoms with van der Waals surface area (Å²) < 4.78 is 7.52. The topological polar surface area (TPSA) is 55.6 Å². The van der Waals surface area contributed by atoms with E-state index in [4.69, 9.17) is 9.72 Å². The number of fused-ring (bicyclic) bond motifs is 1. The van der Waals surface area contributed by atoms with Gasteiger partial charge in [-0.3, -0.25) is 4.79 Å². The average molecular weight is 434 g/mol. The van der Waals surface area contributed by atoms with Gasteiger partial charge in [0.1, 0.15) is 11.4 Å². The van der Waals surface area contributed by atoms with Gasteiger partial charge in [-0.2, -0.15) is 0 Å². The first-order chi connectivity index (χ1) is 16.2. The van der Waals surface area contributed by atoms with Crippen LogP contribution in [0.5, 0.6) is 5.75 Å². The number of hydrogen-bond donors (Lipinski definition) is 1. The number of hydrogen-bond acceptors (Lipinski definition) is 3. The maximum absolute atomic E-state index is 13.6. The molecule has 0 aliphatic heterocycles. The number of pyridine rings is 1. The van der Waals surface area contributed by atoms with Crippen LogP contribution in [0.1, 0.15) is 17.0 Å². The van der Waals surface area contributed by atoms with E-state index < -0.39 is 5.92 Å². The molecule has 0 unspecified atom stereocenters. The van der Waals surface area contributed by atoms with Crippen LogP contribution in [-0.4, -0.2) is 22.4 Å². The van der Waals surface area contributed by atoms with Gasteiger partial charge in [0, 0.05) is 18.0 Å². The summed E-state index contributed by atoms with van der Waals surface area (Å²) in [5, 5.41) is 3.10. The third-order valence-electron chi connectivity index (χ3n) is 5.65. The van der Waals surface area contributed by atoms with Gasteiger partial charge in [0.2, 0.25) is 5.91 Å². The Morgan fingerprint density at radius 2 is 1.55 bits per heavy atom. The summed E-state index contributed by atoms with van der Waals surface area (Å²) in [5.74, 6) is 0.0181. The van der Waals surface area contributed by atoms with Crippen LogP contribution in [0.15, 0.2) is 109 Å². The van der Waals surface area contributed by atoms with Crippen molar-refractivity contribution in [1.29, 1.82) is 0 Å². The molecule has 5 rings (SSSR count). The number of rotatable bonds is 6. The van der Waals surface area contributed by atoms with Crippen molar-refractivity contribution in [2.45, 2.75) is 5.92 Å². The van der Waals surface area contributed by atoms with Crippen molar-refractivity contribution in [1.82, 2.24) is 9.38 Å². The highest BCUT2D eigenvalue weighted by Crippen LogP contribution is 2.33. The van der Waals surface area contributed by atoms with Gasteiger partial charge in [-0.25, -0.2) is 4.98 Å². The predicted octanol–water partition coefficient (Wildman–Crippen LogP) is 5.78. The van der Waals surface area contributed by atoms with Gasteiger partial charge in [0.25, 0.3) is 0 Å². The first kappa shape index (κ1) is 20.5. The second-order valence-corrected chi connectivity index (χ2v) is 7.75. The minimum Gasteiger partial charge on any atom is -0.495 e. The van der Waals surface area contributed by atoms with E-state index in [1.807, 2.05) is 114 Å². The van der Waals surface area contributed by atoms with Gasteiger partial charge in [-0.15, -0.1) is 0 Å². The minimum atomic E-state index is -0.448. The fourth-order valence-electron chi connectivity index (χ4n) is 4.03. The standard InChI is InChI=1S/C28H23N3O2/c1-33-25-16-15-22(24-19-31-17-9-8-14-26(31)29-24)18-23(25)30-28(32)27(20-10-4-2-5-11-20)21-12-6-3-7-13-21/h2-19,27H,1H3,(H,30,32). The lowest BCUT2D eigenvalue weighted by atomic mass is 9.90. The molecule has 0 aliphatic carbocycles. The highest BCUT2D eigenvalue weighted by Gasteiger charge is 2.24. The zero-order valence-corrected chi connectivity index (χ0v) is 18.2. The van der Waals surface area contributed by atoms with Gasteiger partial charge in [-0.05, 0) is 41.5 Å². The first-order valence-corrected chi connectivity index (χ1v) is 10.8. The van der Waals surface area contributed by atoms with Gasteiger partial charge in [0.15, 0.2) is 0 Å². The van der Waals surface area contributed by atoms with Crippen molar-refractivity contribution in [3.63, 3.8) is 0 Å². The molecule has 0 fully saturated rings. The fraction of sp³-hybridized carbons (Fsp3) is 0.0714. The number of benzene rings is 3. The number of carbonyl (C=O) groups excluding carboxylic acids is 1. The molecule has 0 radical (unpaired) electrons. The molecule has 3 aromatic carbocycles. The number of ether oxygens (including phenoxy) is 1. The van der Waals surface area contributed by atoms with Crippen LogP contribution in [0.25, 0.3) is 16.9 Å². The zero-order chi connectivity index (χ0) is 22.6. The molecule has 0 aliphatic rings. The number of nitrogens with zero attached hydrogens (tertiary/aromatic N) is 2. The number of imidazole rings is 1. The molecule has 5 aromatic rings. The smallest absolute Gasteiger partial charge is 0.236 e. The van der Waals surface area contributed by atoms with E-state index in [-0.39, 0.29) is 5.91 Å². The molecule has 0 saturated carbocycles. The second kappa shape index (κ2) is 9.01. The number of methoxy groups -OCH3 is 1. The molecule has 1 N–H and O–H groups in total. The van der Waals surface area contributed by atoms with E-state index >= 15 is 0 Å².